The molecular formula is C12H14F3NO2. The highest BCUT2D eigenvalue weighted by Gasteiger charge is 2.16. The van der Waals surface area contributed by atoms with Crippen molar-refractivity contribution in [3.63, 3.8) is 0 Å². The quantitative estimate of drug-likeness (QED) is 0.823. The molecule has 1 unspecified atom stereocenters. The molecule has 0 fully saturated rings. The first-order chi connectivity index (χ1) is 8.53. The third-order valence-electron chi connectivity index (χ3n) is 2.69. The van der Waals surface area contributed by atoms with Crippen LogP contribution in [0, 0.1) is 0 Å². The van der Waals surface area contributed by atoms with Gasteiger partial charge in [0.1, 0.15) is 26.1 Å². The molecule has 0 saturated heterocycles. The van der Waals surface area contributed by atoms with Crippen molar-refractivity contribution in [2.24, 2.45) is 5.73 Å². The number of hydrogen-bond donors (Lipinski definition) is 2. The van der Waals surface area contributed by atoms with Crippen LogP contribution in [0.15, 0.2) is 12.1 Å². The first-order valence-corrected chi connectivity index (χ1v) is 5.33. The predicted octanol–water partition coefficient (Wildman–Crippen LogP) is 2.05. The lowest BCUT2D eigenvalue weighted by atomic mass is 9.96. The highest BCUT2D eigenvalue weighted by molar-refractivity contribution is 5.73. The van der Waals surface area contributed by atoms with Gasteiger partial charge in [0.25, 0.3) is 0 Å². The molecule has 0 aliphatic heterocycles. The molecule has 0 aliphatic carbocycles. The van der Waals surface area contributed by atoms with Crippen molar-refractivity contribution in [1.29, 1.82) is 0 Å². The third-order valence-corrected chi connectivity index (χ3v) is 2.69. The molecule has 0 amide bonds. The number of nitrogens with two attached hydrogens (primary N) is 1. The molecule has 0 heterocycles. The Morgan fingerprint density at radius 1 is 1.17 bits per heavy atom. The lowest BCUT2D eigenvalue weighted by Crippen LogP contribution is -2.32. The number of rotatable bonds is 6. The molecule has 3 nitrogen and oxygen atoms in total. The summed E-state index contributed by atoms with van der Waals surface area (Å²) < 4.78 is 38.1. The topological polar surface area (TPSA) is 63.3 Å². The molecule has 0 bridgehead atoms. The van der Waals surface area contributed by atoms with E-state index in [4.69, 9.17) is 10.8 Å². The fraction of sp³-hybridized carbons (Fsp3) is 0.417. The summed E-state index contributed by atoms with van der Waals surface area (Å²) >= 11 is 0. The number of carboxylic acids is 1. The largest absolute Gasteiger partial charge is 0.480 e. The van der Waals surface area contributed by atoms with Crippen LogP contribution in [0.4, 0.5) is 13.2 Å². The van der Waals surface area contributed by atoms with Crippen LogP contribution in [0.25, 0.3) is 0 Å². The lowest BCUT2D eigenvalue weighted by Gasteiger charge is -2.13. The Morgan fingerprint density at radius 3 is 2.00 bits per heavy atom. The maximum atomic E-state index is 12.7. The summed E-state index contributed by atoms with van der Waals surface area (Å²) in [5, 5.41) is 8.66. The van der Waals surface area contributed by atoms with Crippen LogP contribution in [0.1, 0.15) is 22.3 Å². The number of halogens is 3. The van der Waals surface area contributed by atoms with Gasteiger partial charge >= 0.3 is 5.97 Å². The van der Waals surface area contributed by atoms with E-state index in [0.717, 1.165) is 0 Å². The molecule has 6 heteroatoms. The molecule has 3 N–H and O–H groups in total. The first kappa shape index (κ1) is 14.5. The van der Waals surface area contributed by atoms with Gasteiger partial charge in [0.05, 0.1) is 0 Å². The standard InChI is InChI=1S/C12H14F3NO2/c13-4-8-1-7(3-11(16)12(17)18)2-9(5-14)10(8)6-15/h1-2,11H,3-6,16H2,(H,17,18). The summed E-state index contributed by atoms with van der Waals surface area (Å²) in [5.41, 5.74) is 5.81. The van der Waals surface area contributed by atoms with E-state index < -0.39 is 32.0 Å². The Labute approximate surface area is 102 Å². The van der Waals surface area contributed by atoms with Crippen molar-refractivity contribution in [1.82, 2.24) is 0 Å². The van der Waals surface area contributed by atoms with Gasteiger partial charge in [-0.3, -0.25) is 4.79 Å². The Balaban J connectivity index is 3.11. The number of benzene rings is 1. The van der Waals surface area contributed by atoms with Gasteiger partial charge in [0.2, 0.25) is 0 Å². The smallest absolute Gasteiger partial charge is 0.320 e. The highest BCUT2D eigenvalue weighted by atomic mass is 19.1. The molecule has 18 heavy (non-hydrogen) atoms. The van der Waals surface area contributed by atoms with E-state index in [-0.39, 0.29) is 23.1 Å². The van der Waals surface area contributed by atoms with Crippen molar-refractivity contribution < 1.29 is 23.1 Å². The minimum atomic E-state index is -1.20. The number of carboxylic acid groups (broad SMARTS) is 1. The van der Waals surface area contributed by atoms with Crippen molar-refractivity contribution >= 4 is 5.97 Å². The van der Waals surface area contributed by atoms with Crippen LogP contribution in [0.2, 0.25) is 0 Å². The summed E-state index contributed by atoms with van der Waals surface area (Å²) in [6.07, 6.45) is -0.0537. The minimum absolute atomic E-state index is 0.00681. The number of carbonyl (C=O) groups is 1. The summed E-state index contributed by atoms with van der Waals surface area (Å²) in [7, 11) is 0. The van der Waals surface area contributed by atoms with E-state index in [0.29, 0.717) is 5.56 Å². The first-order valence-electron chi connectivity index (χ1n) is 5.33. The van der Waals surface area contributed by atoms with Gasteiger partial charge in [-0.05, 0) is 28.7 Å². The molecule has 0 aromatic heterocycles. The van der Waals surface area contributed by atoms with Crippen molar-refractivity contribution in [3.05, 3.63) is 34.4 Å². The summed E-state index contributed by atoms with van der Waals surface area (Å²) in [5.74, 6) is -1.20. The fourth-order valence-corrected chi connectivity index (χ4v) is 1.74. The van der Waals surface area contributed by atoms with Crippen LogP contribution >= 0.6 is 0 Å². The zero-order valence-corrected chi connectivity index (χ0v) is 9.63. The van der Waals surface area contributed by atoms with Gasteiger partial charge in [0, 0.05) is 0 Å². The van der Waals surface area contributed by atoms with Crippen molar-refractivity contribution in [2.75, 3.05) is 0 Å². The Morgan fingerprint density at radius 2 is 1.67 bits per heavy atom. The second kappa shape index (κ2) is 6.39. The predicted molar refractivity (Wildman–Crippen MR) is 60.2 cm³/mol. The lowest BCUT2D eigenvalue weighted by molar-refractivity contribution is -0.138. The molecular weight excluding hydrogens is 247 g/mol. The fourth-order valence-electron chi connectivity index (χ4n) is 1.74. The van der Waals surface area contributed by atoms with Crippen LogP contribution in [-0.2, 0) is 31.2 Å². The molecule has 1 aromatic rings. The zero-order chi connectivity index (χ0) is 13.7. The molecule has 0 saturated carbocycles. The minimum Gasteiger partial charge on any atom is -0.480 e. The molecule has 1 aromatic carbocycles. The number of aliphatic carboxylic acids is 1. The normalized spacial score (nSPS) is 12.4. The van der Waals surface area contributed by atoms with Gasteiger partial charge in [-0.15, -0.1) is 0 Å². The van der Waals surface area contributed by atoms with Crippen LogP contribution in [-0.4, -0.2) is 17.1 Å². The average Bonchev–Trinajstić information content (AvgIpc) is 2.37. The van der Waals surface area contributed by atoms with Crippen LogP contribution in [0.5, 0.6) is 0 Å². The SMILES string of the molecule is NC(Cc1cc(CF)c(CF)c(CF)c1)C(=O)O. The van der Waals surface area contributed by atoms with Gasteiger partial charge in [-0.2, -0.15) is 0 Å². The summed E-state index contributed by atoms with van der Waals surface area (Å²) in [6, 6.07) is 1.51. The summed E-state index contributed by atoms with van der Waals surface area (Å²) in [4.78, 5) is 10.6. The van der Waals surface area contributed by atoms with Crippen LogP contribution in [0.3, 0.4) is 0 Å². The second-order valence-electron chi connectivity index (χ2n) is 3.94. The van der Waals surface area contributed by atoms with E-state index in [2.05, 4.69) is 0 Å². The van der Waals surface area contributed by atoms with E-state index in [1.165, 1.54) is 12.1 Å². The van der Waals surface area contributed by atoms with Crippen molar-refractivity contribution in [3.8, 4) is 0 Å². The molecule has 0 radical (unpaired) electrons. The number of alkyl halides is 3. The average molecular weight is 261 g/mol. The zero-order valence-electron chi connectivity index (χ0n) is 9.63. The molecule has 0 aliphatic rings. The molecule has 100 valence electrons. The maximum Gasteiger partial charge on any atom is 0.320 e. The Bertz CT molecular complexity index is 412. The van der Waals surface area contributed by atoms with Gasteiger partial charge in [-0.25, -0.2) is 13.2 Å². The van der Waals surface area contributed by atoms with E-state index >= 15 is 0 Å². The van der Waals surface area contributed by atoms with E-state index in [1.807, 2.05) is 0 Å². The Kier molecular flexibility index (Phi) is 5.15. The highest BCUT2D eigenvalue weighted by Crippen LogP contribution is 2.22. The number of hydrogen-bond acceptors (Lipinski definition) is 2. The Hall–Kier alpha value is -1.56. The van der Waals surface area contributed by atoms with E-state index in [9.17, 15) is 18.0 Å². The van der Waals surface area contributed by atoms with Crippen LogP contribution < -0.4 is 5.73 Å². The summed E-state index contributed by atoms with van der Waals surface area (Å²) in [6.45, 7) is -2.81. The van der Waals surface area contributed by atoms with Gasteiger partial charge < -0.3 is 10.8 Å². The molecule has 1 atom stereocenters. The van der Waals surface area contributed by atoms with Gasteiger partial charge in [0.15, 0.2) is 0 Å². The maximum absolute atomic E-state index is 12.7. The second-order valence-corrected chi connectivity index (χ2v) is 3.94. The van der Waals surface area contributed by atoms with Crippen molar-refractivity contribution in [2.45, 2.75) is 32.5 Å². The van der Waals surface area contributed by atoms with E-state index in [1.54, 1.807) is 0 Å². The third kappa shape index (κ3) is 3.22. The molecule has 1 rings (SSSR count). The monoisotopic (exact) mass is 261 g/mol. The van der Waals surface area contributed by atoms with Gasteiger partial charge in [-0.1, -0.05) is 12.1 Å². The molecule has 0 spiro atoms.